The third kappa shape index (κ3) is 31.5. The number of aliphatic carboxylic acids is 1. The molecule has 0 aromatic rings. The summed E-state index contributed by atoms with van der Waals surface area (Å²) in [7, 11) is 6.16. The van der Waals surface area contributed by atoms with Crippen molar-refractivity contribution in [2.75, 3.05) is 34.3 Å². The van der Waals surface area contributed by atoms with Gasteiger partial charge in [0, 0.05) is 6.42 Å². The second kappa shape index (κ2) is 25.2. The zero-order valence-electron chi connectivity index (χ0n) is 24.3. The van der Waals surface area contributed by atoms with Crippen LogP contribution in [0.3, 0.4) is 0 Å². The smallest absolute Gasteiger partial charge is 0.220 e. The van der Waals surface area contributed by atoms with Gasteiger partial charge in [0.15, 0.2) is 0 Å². The lowest BCUT2D eigenvalue weighted by Crippen LogP contribution is -2.48. The molecule has 0 bridgehead atoms. The Morgan fingerprint density at radius 2 is 1.30 bits per heavy atom. The van der Waals surface area contributed by atoms with Crippen LogP contribution >= 0.6 is 0 Å². The van der Waals surface area contributed by atoms with Crippen LogP contribution in [-0.4, -0.2) is 61.8 Å². The summed E-state index contributed by atoms with van der Waals surface area (Å²) in [6, 6.07) is -0.897. The van der Waals surface area contributed by atoms with Crippen molar-refractivity contribution in [1.29, 1.82) is 0 Å². The van der Waals surface area contributed by atoms with Gasteiger partial charge in [-0.2, -0.15) is 0 Å². The Kier molecular flexibility index (Phi) is 25.0. The lowest BCUT2D eigenvalue weighted by Gasteiger charge is -2.21. The molecule has 0 unspecified atom stereocenters. The van der Waals surface area contributed by atoms with Crippen molar-refractivity contribution in [1.82, 2.24) is 5.32 Å². The summed E-state index contributed by atoms with van der Waals surface area (Å²) in [4.78, 5) is 22.9. The van der Waals surface area contributed by atoms with Crippen molar-refractivity contribution in [3.8, 4) is 0 Å². The number of carbonyl (C=O) groups excluding carboxylic acids is 2. The summed E-state index contributed by atoms with van der Waals surface area (Å²) in [6.45, 7) is 7.09. The second-order valence-electron chi connectivity index (χ2n) is 10.4. The summed E-state index contributed by atoms with van der Waals surface area (Å²) in [5.74, 6) is -1.25. The number of carboxylic acid groups (broad SMARTS) is 1. The number of nitrogens with one attached hydrogen (secondary N) is 1. The molecule has 0 spiro atoms. The van der Waals surface area contributed by atoms with Crippen molar-refractivity contribution >= 4 is 11.9 Å². The predicted molar refractivity (Wildman–Crippen MR) is 155 cm³/mol. The minimum atomic E-state index is -1.21. The van der Waals surface area contributed by atoms with Crippen LogP contribution in [0.1, 0.15) is 78.6 Å². The fraction of sp³-hybridized carbons (Fsp3) is 0.613. The summed E-state index contributed by atoms with van der Waals surface area (Å²) >= 11 is 0. The van der Waals surface area contributed by atoms with Crippen LogP contribution in [0.5, 0.6) is 0 Å². The number of aliphatic hydroxyl groups is 1. The summed E-state index contributed by atoms with van der Waals surface area (Å²) in [5, 5.41) is 22.0. The summed E-state index contributed by atoms with van der Waals surface area (Å²) < 4.78 is 0.844. The van der Waals surface area contributed by atoms with Crippen LogP contribution in [0.15, 0.2) is 60.8 Å². The van der Waals surface area contributed by atoms with Gasteiger partial charge in [0.2, 0.25) is 5.91 Å². The molecule has 0 saturated heterocycles. The summed E-state index contributed by atoms with van der Waals surface area (Å²) in [5.41, 5.74) is 0. The Labute approximate surface area is 227 Å². The second-order valence-corrected chi connectivity index (χ2v) is 10.4. The van der Waals surface area contributed by atoms with Crippen molar-refractivity contribution in [3.05, 3.63) is 60.8 Å². The number of hydrogen-bond donors (Lipinski definition) is 2. The van der Waals surface area contributed by atoms with Crippen LogP contribution in [0.4, 0.5) is 0 Å². The molecule has 212 valence electrons. The maximum Gasteiger partial charge on any atom is 0.220 e. The standard InChI is InChI=1S/C26H41NO3.C5H14NO/c1-4-5-6-7-8-9-10-11-12-13-14-15-16-17-18-19-20-21-25(28)27-24(26(29)30)22-23(2)3;1-6(2,3)4-5-7/h5-6,8-9,11-12,14-15,17-18,23-24H,4,7,10,13,16,19-22H2,1-3H3,(H,27,28)(H,29,30);7H,4-5H2,1-3H3/q;+1/p-1/b6-5-,9-8-,12-11-,15-14-,18-17-;/t24-;/m0./s1. The van der Waals surface area contributed by atoms with E-state index in [1.54, 1.807) is 0 Å². The maximum atomic E-state index is 11.8. The molecule has 0 rings (SSSR count). The topological polar surface area (TPSA) is 89.5 Å². The van der Waals surface area contributed by atoms with Gasteiger partial charge in [0.25, 0.3) is 0 Å². The number of amides is 1. The number of allylic oxidation sites excluding steroid dienone is 10. The van der Waals surface area contributed by atoms with E-state index in [0.717, 1.165) is 49.6 Å². The van der Waals surface area contributed by atoms with Crippen LogP contribution < -0.4 is 10.4 Å². The number of carbonyl (C=O) groups is 2. The van der Waals surface area contributed by atoms with Crippen LogP contribution in [0, 0.1) is 5.92 Å². The molecular formula is C31H54N2O4. The van der Waals surface area contributed by atoms with Crippen LogP contribution in [-0.2, 0) is 9.59 Å². The molecule has 1 amide bonds. The number of likely N-dealkylation sites (N-methyl/N-ethyl adjacent to an activating group) is 1. The van der Waals surface area contributed by atoms with Gasteiger partial charge < -0.3 is 24.8 Å². The largest absolute Gasteiger partial charge is 0.548 e. The minimum Gasteiger partial charge on any atom is -0.548 e. The fourth-order valence-corrected chi connectivity index (χ4v) is 3.00. The van der Waals surface area contributed by atoms with E-state index in [4.69, 9.17) is 5.11 Å². The monoisotopic (exact) mass is 518 g/mol. The molecule has 0 heterocycles. The molecular weight excluding hydrogens is 464 g/mol. The number of carboxylic acids is 1. The molecule has 0 radical (unpaired) electrons. The van der Waals surface area contributed by atoms with E-state index < -0.39 is 12.0 Å². The zero-order valence-corrected chi connectivity index (χ0v) is 24.3. The van der Waals surface area contributed by atoms with Gasteiger partial charge in [-0.3, -0.25) is 4.79 Å². The number of quaternary nitrogens is 1. The molecule has 2 N–H and O–H groups in total. The highest BCUT2D eigenvalue weighted by molar-refractivity contribution is 5.82. The van der Waals surface area contributed by atoms with Gasteiger partial charge in [0.05, 0.1) is 39.8 Å². The average molecular weight is 519 g/mol. The molecule has 0 aromatic heterocycles. The third-order valence-electron chi connectivity index (χ3n) is 5.03. The molecule has 0 aliphatic carbocycles. The van der Waals surface area contributed by atoms with Gasteiger partial charge in [-0.05, 0) is 57.3 Å². The minimum absolute atomic E-state index is 0.189. The molecule has 6 nitrogen and oxygen atoms in total. The Morgan fingerprint density at radius 3 is 1.65 bits per heavy atom. The fourth-order valence-electron chi connectivity index (χ4n) is 3.00. The van der Waals surface area contributed by atoms with Gasteiger partial charge in [-0.25, -0.2) is 0 Å². The maximum absolute atomic E-state index is 11.8. The average Bonchev–Trinajstić information content (AvgIpc) is 2.80. The molecule has 0 aliphatic heterocycles. The quantitative estimate of drug-likeness (QED) is 0.145. The highest BCUT2D eigenvalue weighted by atomic mass is 16.4. The van der Waals surface area contributed by atoms with E-state index >= 15 is 0 Å². The van der Waals surface area contributed by atoms with Crippen LogP contribution in [0.2, 0.25) is 0 Å². The molecule has 0 aromatic carbocycles. The highest BCUT2D eigenvalue weighted by Crippen LogP contribution is 2.05. The first kappa shape index (κ1) is 36.7. The Hall–Kier alpha value is -2.44. The normalized spacial score (nSPS) is 13.3. The first-order chi connectivity index (χ1) is 17.5. The molecule has 0 fully saturated rings. The van der Waals surface area contributed by atoms with Crippen molar-refractivity contribution in [3.63, 3.8) is 0 Å². The lowest BCUT2D eigenvalue weighted by atomic mass is 10.0. The zero-order chi connectivity index (χ0) is 28.4. The highest BCUT2D eigenvalue weighted by Gasteiger charge is 2.14. The Morgan fingerprint density at radius 1 is 0.838 bits per heavy atom. The SMILES string of the molecule is CC/C=C\C/C=C\C/C=C\C/C=C\C/C=C\CCCC(=O)N[C@@H](CC(C)C)C(=O)[O-].C[N+](C)(C)CCO. The molecule has 0 aliphatic rings. The molecule has 6 heteroatoms. The van der Waals surface area contributed by atoms with E-state index in [1.807, 2.05) is 13.8 Å². The summed E-state index contributed by atoms with van der Waals surface area (Å²) in [6.07, 6.45) is 28.7. The first-order valence-electron chi connectivity index (χ1n) is 13.7. The molecule has 0 saturated carbocycles. The number of rotatable bonds is 19. The van der Waals surface area contributed by atoms with E-state index in [0.29, 0.717) is 19.3 Å². The number of nitrogens with zero attached hydrogens (tertiary/aromatic N) is 1. The van der Waals surface area contributed by atoms with Gasteiger partial charge >= 0.3 is 0 Å². The number of aliphatic hydroxyl groups excluding tert-OH is 1. The van der Waals surface area contributed by atoms with Crippen LogP contribution in [0.25, 0.3) is 0 Å². The van der Waals surface area contributed by atoms with Gasteiger partial charge in [0.1, 0.15) is 6.54 Å². The van der Waals surface area contributed by atoms with E-state index in [-0.39, 0.29) is 18.4 Å². The Balaban J connectivity index is 0. The van der Waals surface area contributed by atoms with Crippen molar-refractivity contribution in [2.24, 2.45) is 5.92 Å². The number of unbranched alkanes of at least 4 members (excludes halogenated alkanes) is 1. The van der Waals surface area contributed by atoms with Gasteiger partial charge in [-0.15, -0.1) is 0 Å². The van der Waals surface area contributed by atoms with E-state index in [9.17, 15) is 14.7 Å². The predicted octanol–water partition coefficient (Wildman–Crippen LogP) is 4.87. The lowest BCUT2D eigenvalue weighted by molar-refractivity contribution is -0.870. The first-order valence-corrected chi connectivity index (χ1v) is 13.7. The van der Waals surface area contributed by atoms with E-state index in [2.05, 4.69) is 94.1 Å². The number of hydrogen-bond acceptors (Lipinski definition) is 4. The third-order valence-corrected chi connectivity index (χ3v) is 5.03. The molecule has 1 atom stereocenters. The molecule has 37 heavy (non-hydrogen) atoms. The Bertz CT molecular complexity index is 713. The van der Waals surface area contributed by atoms with Crippen molar-refractivity contribution < 1.29 is 24.3 Å². The van der Waals surface area contributed by atoms with Crippen molar-refractivity contribution in [2.45, 2.75) is 84.6 Å². The van der Waals surface area contributed by atoms with Gasteiger partial charge in [-0.1, -0.05) is 81.5 Å². The van der Waals surface area contributed by atoms with E-state index in [1.165, 1.54) is 0 Å².